The van der Waals surface area contributed by atoms with E-state index in [4.69, 9.17) is 4.74 Å². The molecule has 114 valence electrons. The quantitative estimate of drug-likeness (QED) is 0.848. The number of aryl methyl sites for hydroxylation is 2. The third-order valence-corrected chi connectivity index (χ3v) is 4.80. The Labute approximate surface area is 124 Å². The average molecular weight is 309 g/mol. The maximum absolute atomic E-state index is 12.4. The van der Waals surface area contributed by atoms with Crippen LogP contribution >= 0.6 is 0 Å². The van der Waals surface area contributed by atoms with E-state index in [-0.39, 0.29) is 4.90 Å². The van der Waals surface area contributed by atoms with E-state index in [0.29, 0.717) is 18.7 Å². The molecule has 2 aromatic rings. The number of hydrogen-bond acceptors (Lipinski definition) is 4. The molecule has 2 N–H and O–H groups in total. The lowest BCUT2D eigenvalue weighted by Crippen LogP contribution is -2.26. The summed E-state index contributed by atoms with van der Waals surface area (Å²) in [6.45, 7) is 4.08. The first-order valence-corrected chi connectivity index (χ1v) is 8.05. The maximum Gasteiger partial charge on any atom is 0.244 e. The Morgan fingerprint density at radius 2 is 2.00 bits per heavy atom. The molecule has 2 rings (SSSR count). The molecule has 7 heteroatoms. The molecule has 0 aliphatic carbocycles. The molecule has 0 amide bonds. The molecule has 21 heavy (non-hydrogen) atoms. The van der Waals surface area contributed by atoms with Crippen LogP contribution in [0.3, 0.4) is 0 Å². The zero-order chi connectivity index (χ0) is 15.5. The van der Waals surface area contributed by atoms with Gasteiger partial charge in [-0.1, -0.05) is 0 Å². The number of rotatable bonds is 6. The van der Waals surface area contributed by atoms with Crippen LogP contribution in [0.5, 0.6) is 5.75 Å². The molecule has 0 fully saturated rings. The minimum atomic E-state index is -3.60. The molecule has 0 atom stereocenters. The smallest absolute Gasteiger partial charge is 0.244 e. The summed E-state index contributed by atoms with van der Waals surface area (Å²) in [6.07, 6.45) is 2.18. The zero-order valence-corrected chi connectivity index (χ0v) is 13.1. The summed E-state index contributed by atoms with van der Waals surface area (Å²) in [5, 5.41) is 6.61. The Morgan fingerprint density at radius 1 is 1.29 bits per heavy atom. The minimum absolute atomic E-state index is 0.165. The molecule has 0 saturated heterocycles. The molecule has 1 aromatic heterocycles. The fraction of sp³-hybridized carbons (Fsp3) is 0.357. The van der Waals surface area contributed by atoms with Crippen molar-refractivity contribution in [3.63, 3.8) is 0 Å². The summed E-state index contributed by atoms with van der Waals surface area (Å²) >= 11 is 0. The number of benzene rings is 1. The zero-order valence-electron chi connectivity index (χ0n) is 12.3. The van der Waals surface area contributed by atoms with Crippen LogP contribution in [0.2, 0.25) is 0 Å². The lowest BCUT2D eigenvalue weighted by Gasteiger charge is -2.13. The minimum Gasteiger partial charge on any atom is -0.495 e. The number of aromatic amines is 1. The molecule has 0 unspecified atom stereocenters. The Balaban J connectivity index is 2.17. The highest BCUT2D eigenvalue weighted by atomic mass is 32.2. The summed E-state index contributed by atoms with van der Waals surface area (Å²) in [6, 6.07) is 5.18. The molecule has 0 radical (unpaired) electrons. The summed E-state index contributed by atoms with van der Waals surface area (Å²) in [5.41, 5.74) is 2.78. The monoisotopic (exact) mass is 309 g/mol. The predicted octanol–water partition coefficient (Wildman–Crippen LogP) is 1.56. The van der Waals surface area contributed by atoms with Gasteiger partial charge in [0.25, 0.3) is 0 Å². The van der Waals surface area contributed by atoms with E-state index in [2.05, 4.69) is 14.9 Å². The molecule has 0 aliphatic heterocycles. The van der Waals surface area contributed by atoms with Gasteiger partial charge in [-0.2, -0.15) is 5.10 Å². The molecular formula is C14H19N3O3S. The van der Waals surface area contributed by atoms with Crippen LogP contribution in [0.15, 0.2) is 29.3 Å². The predicted molar refractivity (Wildman–Crippen MR) is 79.9 cm³/mol. The van der Waals surface area contributed by atoms with E-state index in [9.17, 15) is 8.42 Å². The lowest BCUT2D eigenvalue weighted by atomic mass is 10.1. The number of methoxy groups -OCH3 is 1. The second kappa shape index (κ2) is 6.28. The van der Waals surface area contributed by atoms with Crippen LogP contribution in [0, 0.1) is 13.8 Å². The number of ether oxygens (including phenoxy) is 1. The fourth-order valence-electron chi connectivity index (χ4n) is 1.95. The van der Waals surface area contributed by atoms with Crippen LogP contribution in [-0.4, -0.2) is 32.3 Å². The third kappa shape index (κ3) is 3.62. The van der Waals surface area contributed by atoms with Crippen molar-refractivity contribution in [2.24, 2.45) is 0 Å². The number of hydrogen-bond donors (Lipinski definition) is 2. The molecule has 0 spiro atoms. The van der Waals surface area contributed by atoms with Crippen LogP contribution in [-0.2, 0) is 16.4 Å². The van der Waals surface area contributed by atoms with Crippen LogP contribution < -0.4 is 9.46 Å². The van der Waals surface area contributed by atoms with E-state index in [1.165, 1.54) is 7.11 Å². The number of sulfonamides is 1. The van der Waals surface area contributed by atoms with Gasteiger partial charge in [0.2, 0.25) is 10.0 Å². The Bertz CT molecular complexity index is 709. The van der Waals surface area contributed by atoms with Crippen LogP contribution in [0.4, 0.5) is 0 Å². The maximum atomic E-state index is 12.4. The molecule has 0 saturated carbocycles. The van der Waals surface area contributed by atoms with E-state index >= 15 is 0 Å². The van der Waals surface area contributed by atoms with Crippen LogP contribution in [0.1, 0.15) is 16.8 Å². The van der Waals surface area contributed by atoms with E-state index in [1.54, 1.807) is 18.3 Å². The molecule has 0 aliphatic rings. The highest BCUT2D eigenvalue weighted by Gasteiger charge is 2.20. The Morgan fingerprint density at radius 3 is 2.62 bits per heavy atom. The van der Waals surface area contributed by atoms with Crippen molar-refractivity contribution < 1.29 is 13.2 Å². The van der Waals surface area contributed by atoms with Crippen molar-refractivity contribution in [3.8, 4) is 5.75 Å². The summed E-state index contributed by atoms with van der Waals surface area (Å²) in [4.78, 5) is 0.165. The number of aromatic nitrogens is 2. The first kappa shape index (κ1) is 15.5. The van der Waals surface area contributed by atoms with Gasteiger partial charge in [-0.15, -0.1) is 0 Å². The van der Waals surface area contributed by atoms with Gasteiger partial charge in [0.05, 0.1) is 7.11 Å². The van der Waals surface area contributed by atoms with Crippen LogP contribution in [0.25, 0.3) is 0 Å². The summed E-state index contributed by atoms with van der Waals surface area (Å²) in [5.74, 6) is 0.354. The van der Waals surface area contributed by atoms with E-state index in [0.717, 1.165) is 16.8 Å². The standard InChI is InChI=1S/C14H19N3O3S/c1-10-8-13(20-3)14(9-11(10)2)21(18,19)16-7-5-12-4-6-15-17-12/h4,6,8-9,16H,5,7H2,1-3H3,(H,15,17). The van der Waals surface area contributed by atoms with Gasteiger partial charge in [-0.05, 0) is 43.2 Å². The number of H-pyrrole nitrogens is 1. The van der Waals surface area contributed by atoms with Gasteiger partial charge < -0.3 is 4.74 Å². The van der Waals surface area contributed by atoms with Gasteiger partial charge in [-0.3, -0.25) is 5.10 Å². The van der Waals surface area contributed by atoms with Crippen molar-refractivity contribution in [2.45, 2.75) is 25.2 Å². The largest absolute Gasteiger partial charge is 0.495 e. The van der Waals surface area contributed by atoms with Gasteiger partial charge >= 0.3 is 0 Å². The second-order valence-electron chi connectivity index (χ2n) is 4.82. The van der Waals surface area contributed by atoms with Gasteiger partial charge in [-0.25, -0.2) is 13.1 Å². The highest BCUT2D eigenvalue weighted by Crippen LogP contribution is 2.27. The highest BCUT2D eigenvalue weighted by molar-refractivity contribution is 7.89. The van der Waals surface area contributed by atoms with Crippen molar-refractivity contribution in [1.29, 1.82) is 0 Å². The molecule has 0 bridgehead atoms. The van der Waals surface area contributed by atoms with Crippen molar-refractivity contribution in [3.05, 3.63) is 41.2 Å². The normalized spacial score (nSPS) is 11.6. The first-order valence-electron chi connectivity index (χ1n) is 6.57. The van der Waals surface area contributed by atoms with Crippen molar-refractivity contribution in [1.82, 2.24) is 14.9 Å². The van der Waals surface area contributed by atoms with Crippen molar-refractivity contribution in [2.75, 3.05) is 13.7 Å². The summed E-state index contributed by atoms with van der Waals surface area (Å²) in [7, 11) is -2.14. The SMILES string of the molecule is COc1cc(C)c(C)cc1S(=O)(=O)NCCc1ccn[nH]1. The Hall–Kier alpha value is -1.86. The first-order chi connectivity index (χ1) is 9.94. The number of nitrogens with zero attached hydrogens (tertiary/aromatic N) is 1. The number of nitrogens with one attached hydrogen (secondary N) is 2. The van der Waals surface area contributed by atoms with Gasteiger partial charge in [0.1, 0.15) is 10.6 Å². The van der Waals surface area contributed by atoms with Gasteiger partial charge in [0, 0.05) is 24.9 Å². The fourth-order valence-corrected chi connectivity index (χ4v) is 3.22. The molecule has 1 aromatic carbocycles. The molecule has 6 nitrogen and oxygen atoms in total. The second-order valence-corrected chi connectivity index (χ2v) is 6.55. The molecule has 1 heterocycles. The van der Waals surface area contributed by atoms with Crippen molar-refractivity contribution >= 4 is 10.0 Å². The Kier molecular flexibility index (Phi) is 4.64. The lowest BCUT2D eigenvalue weighted by molar-refractivity contribution is 0.402. The van der Waals surface area contributed by atoms with Gasteiger partial charge in [0.15, 0.2) is 0 Å². The third-order valence-electron chi connectivity index (χ3n) is 3.31. The summed E-state index contributed by atoms with van der Waals surface area (Å²) < 4.78 is 32.5. The average Bonchev–Trinajstić information content (AvgIpc) is 2.94. The topological polar surface area (TPSA) is 84.1 Å². The van der Waals surface area contributed by atoms with E-state index in [1.807, 2.05) is 19.9 Å². The molecular weight excluding hydrogens is 290 g/mol. The van der Waals surface area contributed by atoms with E-state index < -0.39 is 10.0 Å².